The largest absolute Gasteiger partial charge is 0.388 e. The molecule has 0 aliphatic carbocycles. The van der Waals surface area contributed by atoms with Gasteiger partial charge in [0.25, 0.3) is 0 Å². The van der Waals surface area contributed by atoms with Gasteiger partial charge in [-0.15, -0.1) is 0 Å². The second kappa shape index (κ2) is 5.66. The molecule has 0 spiro atoms. The Bertz CT molecular complexity index is 480. The van der Waals surface area contributed by atoms with Crippen LogP contribution in [0.1, 0.15) is 39.7 Å². The lowest BCUT2D eigenvalue weighted by molar-refractivity contribution is 0.0839. The van der Waals surface area contributed by atoms with E-state index in [1.165, 1.54) is 11.3 Å². The Kier molecular flexibility index (Phi) is 4.47. The molecule has 0 radical (unpaired) electrons. The van der Waals surface area contributed by atoms with Crippen LogP contribution in [0.15, 0.2) is 22.7 Å². The smallest absolute Gasteiger partial charge is 0.0810 e. The molecule has 1 fully saturated rings. The van der Waals surface area contributed by atoms with Crippen molar-refractivity contribution in [3.8, 4) is 0 Å². The number of hydrogen-bond donors (Lipinski definition) is 2. The van der Waals surface area contributed by atoms with E-state index in [0.717, 1.165) is 24.0 Å². The number of nitrogens with zero attached hydrogens (tertiary/aromatic N) is 1. The summed E-state index contributed by atoms with van der Waals surface area (Å²) in [5.41, 5.74) is 1.99. The normalized spacial score (nSPS) is 23.4. The van der Waals surface area contributed by atoms with Gasteiger partial charge in [-0.2, -0.15) is 0 Å². The second-order valence-corrected chi connectivity index (χ2v) is 7.91. The van der Waals surface area contributed by atoms with E-state index in [1.807, 2.05) is 6.92 Å². The van der Waals surface area contributed by atoms with Crippen LogP contribution in [0, 0.1) is 0 Å². The first-order valence-electron chi connectivity index (χ1n) is 7.17. The predicted octanol–water partition coefficient (Wildman–Crippen LogP) is 3.30. The van der Waals surface area contributed by atoms with Crippen molar-refractivity contribution in [2.24, 2.45) is 0 Å². The van der Waals surface area contributed by atoms with Gasteiger partial charge in [-0.05, 0) is 67.7 Å². The van der Waals surface area contributed by atoms with E-state index in [0.29, 0.717) is 6.54 Å². The van der Waals surface area contributed by atoms with Crippen LogP contribution in [-0.4, -0.2) is 29.3 Å². The molecule has 1 saturated heterocycles. The number of halogens is 1. The Morgan fingerprint density at radius 3 is 2.60 bits per heavy atom. The average Bonchev–Trinajstić information content (AvgIpc) is 2.66. The van der Waals surface area contributed by atoms with E-state index in [9.17, 15) is 5.11 Å². The summed E-state index contributed by atoms with van der Waals surface area (Å²) in [6, 6.07) is 6.47. The average molecular weight is 341 g/mol. The van der Waals surface area contributed by atoms with Crippen LogP contribution in [0.25, 0.3) is 0 Å². The molecule has 1 heterocycles. The van der Waals surface area contributed by atoms with Gasteiger partial charge in [-0.1, -0.05) is 6.07 Å². The Morgan fingerprint density at radius 2 is 2.10 bits per heavy atom. The Balaban J connectivity index is 2.07. The lowest BCUT2D eigenvalue weighted by atomic mass is 10.1. The van der Waals surface area contributed by atoms with Crippen molar-refractivity contribution in [1.82, 2.24) is 5.32 Å². The first kappa shape index (κ1) is 15.8. The van der Waals surface area contributed by atoms with Gasteiger partial charge < -0.3 is 15.3 Å². The van der Waals surface area contributed by atoms with Crippen LogP contribution in [-0.2, 0) is 6.54 Å². The van der Waals surface area contributed by atoms with Crippen LogP contribution in [0.3, 0.4) is 0 Å². The zero-order valence-corrected chi connectivity index (χ0v) is 14.4. The van der Waals surface area contributed by atoms with Crippen molar-refractivity contribution >= 4 is 21.6 Å². The molecule has 2 N–H and O–H groups in total. The number of anilines is 1. The van der Waals surface area contributed by atoms with Gasteiger partial charge in [0.15, 0.2) is 0 Å². The van der Waals surface area contributed by atoms with Crippen molar-refractivity contribution in [2.45, 2.75) is 51.8 Å². The van der Waals surface area contributed by atoms with Crippen LogP contribution in [0.4, 0.5) is 5.69 Å². The van der Waals surface area contributed by atoms with Gasteiger partial charge in [0.05, 0.1) is 11.3 Å². The number of hydrogen-bond acceptors (Lipinski definition) is 3. The molecule has 1 atom stereocenters. The standard InChI is InChI=1S/C16H25BrN2O/c1-15(2,3)18-10-12-5-6-14(13(17)9-12)19-8-7-16(4,20)11-19/h5-6,9,18,20H,7-8,10-11H2,1-4H3. The number of β-amino-alcohol motifs (C(OH)–C–C–N with tert-alkyl or cyclic N) is 1. The molecule has 1 unspecified atom stereocenters. The number of benzene rings is 1. The lowest BCUT2D eigenvalue weighted by Gasteiger charge is -2.23. The van der Waals surface area contributed by atoms with Crippen LogP contribution in [0.2, 0.25) is 0 Å². The molecule has 0 saturated carbocycles. The van der Waals surface area contributed by atoms with Crippen molar-refractivity contribution in [3.05, 3.63) is 28.2 Å². The molecule has 1 aliphatic rings. The highest BCUT2D eigenvalue weighted by Crippen LogP contribution is 2.32. The topological polar surface area (TPSA) is 35.5 Å². The molecule has 20 heavy (non-hydrogen) atoms. The summed E-state index contributed by atoms with van der Waals surface area (Å²) in [5, 5.41) is 13.6. The fourth-order valence-electron chi connectivity index (χ4n) is 2.43. The third-order valence-electron chi connectivity index (χ3n) is 3.63. The summed E-state index contributed by atoms with van der Waals surface area (Å²) in [5.74, 6) is 0. The molecular formula is C16H25BrN2O. The molecule has 1 aromatic rings. The highest BCUT2D eigenvalue weighted by atomic mass is 79.9. The van der Waals surface area contributed by atoms with Crippen LogP contribution < -0.4 is 10.2 Å². The maximum Gasteiger partial charge on any atom is 0.0810 e. The van der Waals surface area contributed by atoms with E-state index >= 15 is 0 Å². The van der Waals surface area contributed by atoms with Gasteiger partial charge >= 0.3 is 0 Å². The Labute approximate surface area is 130 Å². The monoisotopic (exact) mass is 340 g/mol. The quantitative estimate of drug-likeness (QED) is 0.886. The number of nitrogens with one attached hydrogen (secondary N) is 1. The van der Waals surface area contributed by atoms with E-state index in [1.54, 1.807) is 0 Å². The molecule has 112 valence electrons. The Morgan fingerprint density at radius 1 is 1.40 bits per heavy atom. The third-order valence-corrected chi connectivity index (χ3v) is 4.26. The van der Waals surface area contributed by atoms with E-state index < -0.39 is 5.60 Å². The number of rotatable bonds is 3. The predicted molar refractivity (Wildman–Crippen MR) is 88.2 cm³/mol. The third kappa shape index (κ3) is 4.21. The molecule has 0 aromatic heterocycles. The highest BCUT2D eigenvalue weighted by molar-refractivity contribution is 9.10. The fourth-order valence-corrected chi connectivity index (χ4v) is 3.11. The highest BCUT2D eigenvalue weighted by Gasteiger charge is 2.32. The zero-order valence-electron chi connectivity index (χ0n) is 12.8. The van der Waals surface area contributed by atoms with Crippen molar-refractivity contribution in [1.29, 1.82) is 0 Å². The van der Waals surface area contributed by atoms with E-state index in [-0.39, 0.29) is 5.54 Å². The molecule has 3 nitrogen and oxygen atoms in total. The number of aliphatic hydroxyl groups is 1. The van der Waals surface area contributed by atoms with Gasteiger partial charge in [0, 0.05) is 29.6 Å². The zero-order chi connectivity index (χ0) is 15.0. The maximum atomic E-state index is 10.1. The molecule has 2 rings (SSSR count). The van der Waals surface area contributed by atoms with Crippen molar-refractivity contribution < 1.29 is 5.11 Å². The van der Waals surface area contributed by atoms with Gasteiger partial charge in [0.1, 0.15) is 0 Å². The minimum atomic E-state index is -0.564. The van der Waals surface area contributed by atoms with Gasteiger partial charge in [0.2, 0.25) is 0 Å². The van der Waals surface area contributed by atoms with Gasteiger partial charge in [-0.25, -0.2) is 0 Å². The minimum absolute atomic E-state index is 0.124. The summed E-state index contributed by atoms with van der Waals surface area (Å²) in [6.45, 7) is 10.9. The maximum absolute atomic E-state index is 10.1. The summed E-state index contributed by atoms with van der Waals surface area (Å²) in [4.78, 5) is 2.24. The summed E-state index contributed by atoms with van der Waals surface area (Å²) >= 11 is 3.66. The molecule has 0 amide bonds. The molecule has 0 bridgehead atoms. The lowest BCUT2D eigenvalue weighted by Crippen LogP contribution is -2.35. The summed E-state index contributed by atoms with van der Waals surface area (Å²) in [7, 11) is 0. The van der Waals surface area contributed by atoms with E-state index in [4.69, 9.17) is 0 Å². The van der Waals surface area contributed by atoms with Crippen LogP contribution in [0.5, 0.6) is 0 Å². The first-order chi connectivity index (χ1) is 9.16. The van der Waals surface area contributed by atoms with Crippen molar-refractivity contribution in [2.75, 3.05) is 18.0 Å². The summed E-state index contributed by atoms with van der Waals surface area (Å²) in [6.07, 6.45) is 0.826. The Hall–Kier alpha value is -0.580. The molecule has 1 aliphatic heterocycles. The SMILES string of the molecule is CC1(O)CCN(c2ccc(CNC(C)(C)C)cc2Br)C1. The van der Waals surface area contributed by atoms with Crippen LogP contribution >= 0.6 is 15.9 Å². The molecule has 1 aromatic carbocycles. The molecule has 4 heteroatoms. The minimum Gasteiger partial charge on any atom is -0.388 e. The second-order valence-electron chi connectivity index (χ2n) is 7.06. The fraction of sp³-hybridized carbons (Fsp3) is 0.625. The van der Waals surface area contributed by atoms with Gasteiger partial charge in [-0.3, -0.25) is 0 Å². The van der Waals surface area contributed by atoms with Crippen molar-refractivity contribution in [3.63, 3.8) is 0 Å². The first-order valence-corrected chi connectivity index (χ1v) is 7.96. The molecular weight excluding hydrogens is 316 g/mol. The van der Waals surface area contributed by atoms with E-state index in [2.05, 4.69) is 65.1 Å². The summed E-state index contributed by atoms with van der Waals surface area (Å²) < 4.78 is 1.10.